The molecule has 0 amide bonds. The second-order valence-corrected chi connectivity index (χ2v) is 5.59. The van der Waals surface area contributed by atoms with Gasteiger partial charge in [-0.25, -0.2) is 0 Å². The van der Waals surface area contributed by atoms with Crippen molar-refractivity contribution in [1.82, 2.24) is 0 Å². The molecule has 1 rings (SSSR count). The zero-order chi connectivity index (χ0) is 16.4. The van der Waals surface area contributed by atoms with Crippen LogP contribution in [0.3, 0.4) is 0 Å². The number of ether oxygens (including phenoxy) is 3. The van der Waals surface area contributed by atoms with Crippen LogP contribution in [0.5, 0.6) is 0 Å². The molecule has 1 aliphatic rings. The first kappa shape index (κ1) is 19.9. The van der Waals surface area contributed by atoms with Gasteiger partial charge in [0.25, 0.3) is 0 Å². The average Bonchev–Trinajstić information content (AvgIpc) is 3.26. The summed E-state index contributed by atoms with van der Waals surface area (Å²) >= 11 is 0. The molecule has 0 aliphatic carbocycles. The molecule has 0 spiro atoms. The van der Waals surface area contributed by atoms with Crippen molar-refractivity contribution in [3.63, 3.8) is 0 Å². The maximum absolute atomic E-state index is 10.8. The summed E-state index contributed by atoms with van der Waals surface area (Å²) < 4.78 is 14.5. The Morgan fingerprint density at radius 1 is 1.14 bits per heavy atom. The van der Waals surface area contributed by atoms with Gasteiger partial charge in [0.2, 0.25) is 0 Å². The van der Waals surface area contributed by atoms with Gasteiger partial charge < -0.3 is 19.3 Å². The minimum Gasteiger partial charge on any atom is -0.463 e. The van der Waals surface area contributed by atoms with Crippen LogP contribution in [-0.2, 0) is 23.8 Å². The van der Waals surface area contributed by atoms with Gasteiger partial charge in [-0.2, -0.15) is 0 Å². The maximum Gasteiger partial charge on any atom is 0.308 e. The van der Waals surface area contributed by atoms with Crippen LogP contribution < -0.4 is 0 Å². The topological polar surface area (TPSA) is 85.4 Å². The molecule has 6 nitrogen and oxygen atoms in total. The Morgan fingerprint density at radius 2 is 1.62 bits per heavy atom. The normalized spacial score (nSPS) is 17.8. The van der Waals surface area contributed by atoms with E-state index >= 15 is 0 Å². The van der Waals surface area contributed by atoms with E-state index in [1.165, 1.54) is 0 Å². The lowest BCUT2D eigenvalue weighted by Crippen LogP contribution is -2.20. The summed E-state index contributed by atoms with van der Waals surface area (Å²) in [5.41, 5.74) is 0. The number of hydrogen-bond acceptors (Lipinski definition) is 6. The number of aliphatic hydroxyl groups is 1. The molecule has 21 heavy (non-hydrogen) atoms. The molecule has 2 unspecified atom stereocenters. The molecule has 6 heteroatoms. The summed E-state index contributed by atoms with van der Waals surface area (Å²) in [7, 11) is 0. The second-order valence-electron chi connectivity index (χ2n) is 5.59. The molecule has 0 saturated carbocycles. The lowest BCUT2D eigenvalue weighted by Gasteiger charge is -2.09. The van der Waals surface area contributed by atoms with Crippen LogP contribution in [0.2, 0.25) is 0 Å². The molecule has 0 bridgehead atoms. The number of aliphatic hydroxyl groups excluding tert-OH is 1. The zero-order valence-corrected chi connectivity index (χ0v) is 13.6. The summed E-state index contributed by atoms with van der Waals surface area (Å²) in [6.45, 7) is 10.3. The third kappa shape index (κ3) is 11.2. The molecule has 1 aliphatic heterocycles. The Hall–Kier alpha value is -1.14. The third-order valence-corrected chi connectivity index (χ3v) is 2.65. The van der Waals surface area contributed by atoms with Gasteiger partial charge in [-0.05, 0) is 6.42 Å². The lowest BCUT2D eigenvalue weighted by atomic mass is 10.2. The monoisotopic (exact) mass is 304 g/mol. The summed E-state index contributed by atoms with van der Waals surface area (Å²) in [6, 6.07) is 0. The third-order valence-electron chi connectivity index (χ3n) is 2.65. The van der Waals surface area contributed by atoms with Crippen molar-refractivity contribution in [2.24, 2.45) is 11.8 Å². The van der Waals surface area contributed by atoms with Gasteiger partial charge in [0.05, 0.1) is 24.5 Å². The largest absolute Gasteiger partial charge is 0.463 e. The van der Waals surface area contributed by atoms with E-state index in [0.717, 1.165) is 6.61 Å². The van der Waals surface area contributed by atoms with Crippen molar-refractivity contribution in [3.05, 3.63) is 0 Å². The molecule has 124 valence electrons. The first-order chi connectivity index (χ1) is 9.77. The van der Waals surface area contributed by atoms with E-state index in [9.17, 15) is 9.59 Å². The molecule has 0 radical (unpaired) electrons. The number of carbonyl (C=O) groups excluding carboxylic acids is 2. The van der Waals surface area contributed by atoms with Crippen LogP contribution in [0.15, 0.2) is 0 Å². The van der Waals surface area contributed by atoms with Gasteiger partial charge in [-0.3, -0.25) is 9.59 Å². The van der Waals surface area contributed by atoms with Crippen molar-refractivity contribution in [2.45, 2.75) is 53.2 Å². The van der Waals surface area contributed by atoms with E-state index in [1.54, 1.807) is 13.8 Å². The standard InChI is InChI=1S/C8H16O3.C7H12O3/c1-4-7(9)5-11-8(10)6(2)3;1-5(2)7(8)10-4-6-3-9-6/h6-7,9H,4-5H2,1-3H3;5-6H,3-4H2,1-2H3. The number of esters is 2. The van der Waals surface area contributed by atoms with Crippen LogP contribution in [0.4, 0.5) is 0 Å². The Kier molecular flexibility index (Phi) is 9.99. The Balaban J connectivity index is 0.000000382. The van der Waals surface area contributed by atoms with Crippen LogP contribution in [0.25, 0.3) is 0 Å². The number of carbonyl (C=O) groups is 2. The summed E-state index contributed by atoms with van der Waals surface area (Å²) in [4.78, 5) is 21.6. The van der Waals surface area contributed by atoms with E-state index in [-0.39, 0.29) is 36.5 Å². The van der Waals surface area contributed by atoms with E-state index < -0.39 is 6.10 Å². The summed E-state index contributed by atoms with van der Waals surface area (Å²) in [5, 5.41) is 9.01. The molecular formula is C15H28O6. The predicted octanol–water partition coefficient (Wildman–Crippen LogP) is 1.54. The van der Waals surface area contributed by atoms with Gasteiger partial charge >= 0.3 is 11.9 Å². The quantitative estimate of drug-likeness (QED) is 0.567. The number of epoxide rings is 1. The Bertz CT molecular complexity index is 309. The highest BCUT2D eigenvalue weighted by Gasteiger charge is 2.24. The van der Waals surface area contributed by atoms with Gasteiger partial charge in [0.1, 0.15) is 19.3 Å². The van der Waals surface area contributed by atoms with Crippen molar-refractivity contribution in [1.29, 1.82) is 0 Å². The minimum atomic E-state index is -0.516. The minimum absolute atomic E-state index is 0.0289. The van der Waals surface area contributed by atoms with Crippen molar-refractivity contribution < 1.29 is 28.9 Å². The van der Waals surface area contributed by atoms with Crippen LogP contribution in [0.1, 0.15) is 41.0 Å². The van der Waals surface area contributed by atoms with Crippen LogP contribution >= 0.6 is 0 Å². The Labute approximate surface area is 126 Å². The average molecular weight is 304 g/mol. The smallest absolute Gasteiger partial charge is 0.308 e. The van der Waals surface area contributed by atoms with Gasteiger partial charge in [-0.15, -0.1) is 0 Å². The second kappa shape index (κ2) is 10.6. The van der Waals surface area contributed by atoms with Gasteiger partial charge in [-0.1, -0.05) is 34.6 Å². The van der Waals surface area contributed by atoms with Crippen molar-refractivity contribution in [3.8, 4) is 0 Å². The van der Waals surface area contributed by atoms with Gasteiger partial charge in [0.15, 0.2) is 0 Å². The number of rotatable bonds is 7. The molecule has 2 atom stereocenters. The Morgan fingerprint density at radius 3 is 2.00 bits per heavy atom. The van der Waals surface area contributed by atoms with E-state index in [0.29, 0.717) is 13.0 Å². The van der Waals surface area contributed by atoms with E-state index in [4.69, 9.17) is 19.3 Å². The highest BCUT2D eigenvalue weighted by atomic mass is 16.6. The molecule has 1 N–H and O–H groups in total. The van der Waals surface area contributed by atoms with Crippen LogP contribution in [-0.4, -0.2) is 49.1 Å². The molecule has 1 fully saturated rings. The highest BCUT2D eigenvalue weighted by Crippen LogP contribution is 2.09. The molecule has 1 heterocycles. The molecule has 1 saturated heterocycles. The predicted molar refractivity (Wildman–Crippen MR) is 77.6 cm³/mol. The molecular weight excluding hydrogens is 276 g/mol. The maximum atomic E-state index is 10.8. The van der Waals surface area contributed by atoms with Crippen molar-refractivity contribution >= 4 is 11.9 Å². The number of hydrogen-bond donors (Lipinski definition) is 1. The fourth-order valence-electron chi connectivity index (χ4n) is 0.969. The fraction of sp³-hybridized carbons (Fsp3) is 0.867. The van der Waals surface area contributed by atoms with Crippen molar-refractivity contribution in [2.75, 3.05) is 19.8 Å². The first-order valence-electron chi connectivity index (χ1n) is 7.40. The molecule has 0 aromatic carbocycles. The van der Waals surface area contributed by atoms with Gasteiger partial charge in [0, 0.05) is 0 Å². The fourth-order valence-corrected chi connectivity index (χ4v) is 0.969. The zero-order valence-electron chi connectivity index (χ0n) is 13.6. The SMILES string of the molecule is CC(C)C(=O)OCC1CO1.CCC(O)COC(=O)C(C)C. The summed E-state index contributed by atoms with van der Waals surface area (Å²) in [5.74, 6) is -0.536. The van der Waals surface area contributed by atoms with Crippen LogP contribution in [0, 0.1) is 11.8 Å². The molecule has 0 aromatic heterocycles. The highest BCUT2D eigenvalue weighted by molar-refractivity contribution is 5.71. The molecule has 0 aromatic rings. The lowest BCUT2D eigenvalue weighted by molar-refractivity contribution is -0.150. The first-order valence-corrected chi connectivity index (χ1v) is 7.40. The summed E-state index contributed by atoms with van der Waals surface area (Å²) in [6.07, 6.45) is 0.283. The van der Waals surface area contributed by atoms with E-state index in [2.05, 4.69) is 0 Å². The van der Waals surface area contributed by atoms with E-state index in [1.807, 2.05) is 20.8 Å².